The van der Waals surface area contributed by atoms with Crippen LogP contribution in [0.5, 0.6) is 17.2 Å². The van der Waals surface area contributed by atoms with Gasteiger partial charge in [-0.25, -0.2) is 0 Å². The number of carbonyl (C=O) groups excluding carboxylic acids is 2. The molecule has 3 aromatic rings. The topological polar surface area (TPSA) is 106 Å². The molecule has 0 saturated carbocycles. The number of carbonyl (C=O) groups is 2. The number of hydrogen-bond donors (Lipinski definition) is 2. The lowest BCUT2D eigenvalue weighted by Gasteiger charge is -2.25. The van der Waals surface area contributed by atoms with Crippen LogP contribution < -0.4 is 9.47 Å². The largest absolute Gasteiger partial charge is 0.507 e. The number of nitrogens with zero attached hydrogens (tertiary/aromatic N) is 1. The zero-order chi connectivity index (χ0) is 27.1. The Kier molecular flexibility index (Phi) is 8.66. The lowest BCUT2D eigenvalue weighted by molar-refractivity contribution is -0.140. The van der Waals surface area contributed by atoms with Crippen molar-refractivity contribution in [3.05, 3.63) is 95.1 Å². The number of aliphatic hydroxyl groups is 1. The highest BCUT2D eigenvalue weighted by molar-refractivity contribution is 6.46. The highest BCUT2D eigenvalue weighted by atomic mass is 16.5. The van der Waals surface area contributed by atoms with Crippen LogP contribution in [0.1, 0.15) is 36.1 Å². The molecule has 0 bridgehead atoms. The van der Waals surface area contributed by atoms with E-state index in [9.17, 15) is 19.8 Å². The summed E-state index contributed by atoms with van der Waals surface area (Å²) >= 11 is 0. The highest BCUT2D eigenvalue weighted by Gasteiger charge is 2.46. The number of methoxy groups -OCH3 is 1. The molecular weight excluding hydrogens is 486 g/mol. The van der Waals surface area contributed by atoms with E-state index >= 15 is 0 Å². The van der Waals surface area contributed by atoms with Crippen molar-refractivity contribution in [1.82, 2.24) is 4.90 Å². The minimum absolute atomic E-state index is 0.0292. The predicted molar refractivity (Wildman–Crippen MR) is 142 cm³/mol. The van der Waals surface area contributed by atoms with Gasteiger partial charge in [0.05, 0.1) is 18.2 Å². The maximum atomic E-state index is 13.2. The monoisotopic (exact) mass is 517 g/mol. The molecule has 0 radical (unpaired) electrons. The third-order valence-corrected chi connectivity index (χ3v) is 6.26. The van der Waals surface area contributed by atoms with Crippen molar-refractivity contribution in [1.29, 1.82) is 0 Å². The fourth-order valence-electron chi connectivity index (χ4n) is 4.41. The number of phenols is 1. The van der Waals surface area contributed by atoms with Crippen LogP contribution in [0.25, 0.3) is 5.76 Å². The van der Waals surface area contributed by atoms with Gasteiger partial charge in [-0.05, 0) is 60.9 Å². The van der Waals surface area contributed by atoms with Gasteiger partial charge < -0.3 is 29.3 Å². The molecule has 4 rings (SSSR count). The van der Waals surface area contributed by atoms with Crippen LogP contribution in [0.3, 0.4) is 0 Å². The van der Waals surface area contributed by atoms with E-state index in [1.807, 2.05) is 30.3 Å². The molecule has 0 aliphatic carbocycles. The standard InChI is InChI=1S/C30H31NO7/c1-3-37-25-18-22(12-15-24(25)32)27-26(29(34)30(35)31(27)16-7-17-36-2)28(33)21-10-13-23(14-11-21)38-19-20-8-5-4-6-9-20/h4-6,8-15,18,27,32-33H,3,7,16-17,19H2,1-2H3/b28-26+. The molecule has 1 heterocycles. The first kappa shape index (κ1) is 26.8. The Hall–Kier alpha value is -4.30. The van der Waals surface area contributed by atoms with Crippen molar-refractivity contribution < 1.29 is 34.0 Å². The van der Waals surface area contributed by atoms with Crippen LogP contribution >= 0.6 is 0 Å². The number of benzene rings is 3. The van der Waals surface area contributed by atoms with E-state index in [1.165, 1.54) is 11.0 Å². The Labute approximate surface area is 221 Å². The third kappa shape index (κ3) is 5.81. The number of phenolic OH excluding ortho intramolecular Hbond substituents is 1. The fourth-order valence-corrected chi connectivity index (χ4v) is 4.41. The van der Waals surface area contributed by atoms with Gasteiger partial charge in [0.15, 0.2) is 11.5 Å². The summed E-state index contributed by atoms with van der Waals surface area (Å²) in [6, 6.07) is 20.2. The second-order valence-electron chi connectivity index (χ2n) is 8.80. The first-order chi connectivity index (χ1) is 18.4. The van der Waals surface area contributed by atoms with Gasteiger partial charge in [-0.2, -0.15) is 0 Å². The SMILES string of the molecule is CCOc1cc(C2/C(=C(\O)c3ccc(OCc4ccccc4)cc3)C(=O)C(=O)N2CCCOC)ccc1O. The van der Waals surface area contributed by atoms with Crippen molar-refractivity contribution in [3.63, 3.8) is 0 Å². The maximum absolute atomic E-state index is 13.2. The van der Waals surface area contributed by atoms with Gasteiger partial charge in [-0.1, -0.05) is 36.4 Å². The van der Waals surface area contributed by atoms with Crippen LogP contribution in [0.15, 0.2) is 78.4 Å². The Morgan fingerprint density at radius 2 is 1.71 bits per heavy atom. The molecule has 8 nitrogen and oxygen atoms in total. The lowest BCUT2D eigenvalue weighted by atomic mass is 9.95. The van der Waals surface area contributed by atoms with E-state index in [-0.39, 0.29) is 29.4 Å². The molecule has 1 fully saturated rings. The number of ketones is 1. The minimum Gasteiger partial charge on any atom is -0.507 e. The molecule has 198 valence electrons. The van der Waals surface area contributed by atoms with Crippen LogP contribution in [-0.4, -0.2) is 53.7 Å². The molecule has 1 atom stereocenters. The zero-order valence-electron chi connectivity index (χ0n) is 21.4. The summed E-state index contributed by atoms with van der Waals surface area (Å²) in [5.41, 5.74) is 1.90. The van der Waals surface area contributed by atoms with Crippen molar-refractivity contribution >= 4 is 17.4 Å². The highest BCUT2D eigenvalue weighted by Crippen LogP contribution is 2.42. The quantitative estimate of drug-likeness (QED) is 0.162. The molecule has 1 aliphatic rings. The fraction of sp³-hybridized carbons (Fsp3) is 0.267. The molecule has 2 N–H and O–H groups in total. The van der Waals surface area contributed by atoms with Gasteiger partial charge >= 0.3 is 0 Å². The Bertz CT molecular complexity index is 1300. The summed E-state index contributed by atoms with van der Waals surface area (Å²) < 4.78 is 16.5. The molecule has 0 spiro atoms. The second-order valence-corrected chi connectivity index (χ2v) is 8.80. The van der Waals surface area contributed by atoms with E-state index < -0.39 is 17.7 Å². The average Bonchev–Trinajstić information content (AvgIpc) is 3.19. The van der Waals surface area contributed by atoms with E-state index in [0.717, 1.165) is 5.56 Å². The molecule has 38 heavy (non-hydrogen) atoms. The first-order valence-corrected chi connectivity index (χ1v) is 12.4. The molecule has 1 amide bonds. The van der Waals surface area contributed by atoms with Crippen molar-refractivity contribution in [2.75, 3.05) is 26.9 Å². The van der Waals surface area contributed by atoms with E-state index in [1.54, 1.807) is 50.4 Å². The third-order valence-electron chi connectivity index (χ3n) is 6.26. The molecule has 1 unspecified atom stereocenters. The number of likely N-dealkylation sites (tertiary alicyclic amines) is 1. The lowest BCUT2D eigenvalue weighted by Crippen LogP contribution is -2.31. The van der Waals surface area contributed by atoms with Crippen LogP contribution in [-0.2, 0) is 20.9 Å². The van der Waals surface area contributed by atoms with Crippen LogP contribution in [0, 0.1) is 0 Å². The van der Waals surface area contributed by atoms with Crippen LogP contribution in [0.4, 0.5) is 0 Å². The summed E-state index contributed by atoms with van der Waals surface area (Å²) in [5, 5.41) is 21.5. The molecule has 0 aromatic heterocycles. The van der Waals surface area contributed by atoms with Gasteiger partial charge in [-0.15, -0.1) is 0 Å². The van der Waals surface area contributed by atoms with Gasteiger partial charge in [0.1, 0.15) is 18.1 Å². The van der Waals surface area contributed by atoms with Crippen molar-refractivity contribution in [3.8, 4) is 17.2 Å². The van der Waals surface area contributed by atoms with E-state index in [2.05, 4.69) is 0 Å². The van der Waals surface area contributed by atoms with Crippen LogP contribution in [0.2, 0.25) is 0 Å². The summed E-state index contributed by atoms with van der Waals surface area (Å²) in [4.78, 5) is 27.7. The smallest absolute Gasteiger partial charge is 0.295 e. The maximum Gasteiger partial charge on any atom is 0.295 e. The Morgan fingerprint density at radius 3 is 2.39 bits per heavy atom. The van der Waals surface area contributed by atoms with Crippen molar-refractivity contribution in [2.24, 2.45) is 0 Å². The van der Waals surface area contributed by atoms with Gasteiger partial charge in [0.25, 0.3) is 11.7 Å². The number of aromatic hydroxyl groups is 1. The van der Waals surface area contributed by atoms with Gasteiger partial charge in [-0.3, -0.25) is 9.59 Å². The number of Topliss-reactive ketones (excluding diaryl/α,β-unsaturated/α-hetero) is 1. The summed E-state index contributed by atoms with van der Waals surface area (Å²) in [5.74, 6) is -1.00. The number of aliphatic hydroxyl groups excluding tert-OH is 1. The number of amides is 1. The normalized spacial score (nSPS) is 16.6. The first-order valence-electron chi connectivity index (χ1n) is 12.4. The number of rotatable bonds is 11. The molecule has 1 saturated heterocycles. The number of ether oxygens (including phenoxy) is 3. The second kappa shape index (κ2) is 12.3. The Morgan fingerprint density at radius 1 is 0.974 bits per heavy atom. The molecule has 1 aliphatic heterocycles. The zero-order valence-corrected chi connectivity index (χ0v) is 21.4. The van der Waals surface area contributed by atoms with Gasteiger partial charge in [0, 0.05) is 25.8 Å². The van der Waals surface area contributed by atoms with E-state index in [0.29, 0.717) is 43.1 Å². The van der Waals surface area contributed by atoms with Gasteiger partial charge in [0.2, 0.25) is 0 Å². The Balaban J connectivity index is 1.68. The summed E-state index contributed by atoms with van der Waals surface area (Å²) in [7, 11) is 1.56. The average molecular weight is 518 g/mol. The number of hydrogen-bond acceptors (Lipinski definition) is 7. The minimum atomic E-state index is -0.860. The molecular formula is C30H31NO7. The molecule has 8 heteroatoms. The van der Waals surface area contributed by atoms with Crippen molar-refractivity contribution in [2.45, 2.75) is 26.0 Å². The predicted octanol–water partition coefficient (Wildman–Crippen LogP) is 4.83. The van der Waals surface area contributed by atoms with E-state index in [4.69, 9.17) is 14.2 Å². The summed E-state index contributed by atoms with van der Waals surface area (Å²) in [6.07, 6.45) is 0.504. The summed E-state index contributed by atoms with van der Waals surface area (Å²) in [6.45, 7) is 3.15. The molecule has 3 aromatic carbocycles.